The van der Waals surface area contributed by atoms with E-state index >= 15 is 0 Å². The molecular formula is C14H17F4NO2S. The normalized spacial score (nSPS) is 19.1. The van der Waals surface area contributed by atoms with Crippen LogP contribution >= 0.6 is 0 Å². The molecule has 0 aliphatic carbocycles. The molecule has 0 saturated carbocycles. The third-order valence-corrected chi connectivity index (χ3v) is 5.56. The Morgan fingerprint density at radius 2 is 1.68 bits per heavy atom. The van der Waals surface area contributed by atoms with E-state index < -0.39 is 33.5 Å². The quantitative estimate of drug-likeness (QED) is 0.858. The number of hydrogen-bond acceptors (Lipinski definition) is 3. The lowest BCUT2D eigenvalue weighted by Crippen LogP contribution is -2.35. The second kappa shape index (κ2) is 6.54. The van der Waals surface area contributed by atoms with Crippen LogP contribution in [0.5, 0.6) is 0 Å². The van der Waals surface area contributed by atoms with Crippen LogP contribution in [0.3, 0.4) is 0 Å². The standard InChI is InChI=1S/C14H17F4NO2S/c15-13(10-5-7-19-8-6-10)9-22(20,21)12-3-1-11(2-4-12)14(16,17)18/h1-4,10,13,19H,5-9H2. The van der Waals surface area contributed by atoms with Gasteiger partial charge in [-0.3, -0.25) is 0 Å². The predicted octanol–water partition coefficient (Wildman–Crippen LogP) is 2.82. The SMILES string of the molecule is O=S(=O)(CC(F)C1CCNCC1)c1ccc(C(F)(F)F)cc1. The van der Waals surface area contributed by atoms with Gasteiger partial charge in [0.25, 0.3) is 0 Å². The monoisotopic (exact) mass is 339 g/mol. The molecule has 1 aromatic carbocycles. The van der Waals surface area contributed by atoms with Crippen molar-refractivity contribution in [2.45, 2.75) is 30.1 Å². The highest BCUT2D eigenvalue weighted by Gasteiger charge is 2.32. The molecule has 1 aliphatic heterocycles. The summed E-state index contributed by atoms with van der Waals surface area (Å²) in [6.45, 7) is 1.29. The van der Waals surface area contributed by atoms with Gasteiger partial charge in [0.2, 0.25) is 0 Å². The maximum Gasteiger partial charge on any atom is 0.416 e. The molecule has 3 nitrogen and oxygen atoms in total. The summed E-state index contributed by atoms with van der Waals surface area (Å²) >= 11 is 0. The first-order valence-electron chi connectivity index (χ1n) is 6.95. The van der Waals surface area contributed by atoms with Crippen LogP contribution in [0.15, 0.2) is 29.2 Å². The van der Waals surface area contributed by atoms with E-state index in [9.17, 15) is 26.0 Å². The van der Waals surface area contributed by atoms with Gasteiger partial charge in [-0.1, -0.05) is 0 Å². The molecule has 1 N–H and O–H groups in total. The van der Waals surface area contributed by atoms with Crippen LogP contribution in [0.1, 0.15) is 18.4 Å². The van der Waals surface area contributed by atoms with E-state index in [1.807, 2.05) is 0 Å². The van der Waals surface area contributed by atoms with Crippen molar-refractivity contribution >= 4 is 9.84 Å². The Kier molecular flexibility index (Phi) is 5.11. The summed E-state index contributed by atoms with van der Waals surface area (Å²) in [7, 11) is -3.93. The molecule has 1 saturated heterocycles. The fourth-order valence-electron chi connectivity index (χ4n) is 2.50. The lowest BCUT2D eigenvalue weighted by Gasteiger charge is -2.25. The smallest absolute Gasteiger partial charge is 0.317 e. The van der Waals surface area contributed by atoms with Crippen LogP contribution in [-0.4, -0.2) is 33.4 Å². The molecule has 1 aliphatic rings. The lowest BCUT2D eigenvalue weighted by atomic mass is 9.94. The molecule has 0 aromatic heterocycles. The molecule has 1 aromatic rings. The number of sulfone groups is 1. The van der Waals surface area contributed by atoms with Crippen molar-refractivity contribution in [1.82, 2.24) is 5.32 Å². The predicted molar refractivity (Wildman–Crippen MR) is 74.0 cm³/mol. The zero-order valence-electron chi connectivity index (χ0n) is 11.7. The number of hydrogen-bond donors (Lipinski definition) is 1. The molecule has 0 bridgehead atoms. The van der Waals surface area contributed by atoms with Crippen LogP contribution in [0, 0.1) is 5.92 Å². The molecule has 2 rings (SSSR count). The maximum atomic E-state index is 14.2. The van der Waals surface area contributed by atoms with Crippen LogP contribution in [0.25, 0.3) is 0 Å². The molecule has 0 radical (unpaired) electrons. The van der Waals surface area contributed by atoms with Crippen molar-refractivity contribution in [2.75, 3.05) is 18.8 Å². The van der Waals surface area contributed by atoms with Crippen molar-refractivity contribution in [3.05, 3.63) is 29.8 Å². The first-order valence-corrected chi connectivity index (χ1v) is 8.60. The van der Waals surface area contributed by atoms with Gasteiger partial charge in [-0.2, -0.15) is 13.2 Å². The summed E-state index contributed by atoms with van der Waals surface area (Å²) in [6, 6.07) is 3.16. The Balaban J connectivity index is 2.09. The van der Waals surface area contributed by atoms with Crippen LogP contribution in [0.2, 0.25) is 0 Å². The Bertz CT molecular complexity index is 592. The minimum absolute atomic E-state index is 0.280. The number of benzene rings is 1. The van der Waals surface area contributed by atoms with Gasteiger partial charge in [0.1, 0.15) is 6.17 Å². The van der Waals surface area contributed by atoms with Gasteiger partial charge < -0.3 is 5.32 Å². The van der Waals surface area contributed by atoms with Crippen molar-refractivity contribution in [3.63, 3.8) is 0 Å². The highest BCUT2D eigenvalue weighted by atomic mass is 32.2. The van der Waals surface area contributed by atoms with E-state index in [4.69, 9.17) is 0 Å². The van der Waals surface area contributed by atoms with Gasteiger partial charge in [0.05, 0.1) is 16.2 Å². The summed E-state index contributed by atoms with van der Waals surface area (Å²) in [4.78, 5) is -0.280. The first-order chi connectivity index (χ1) is 10.2. The average Bonchev–Trinajstić information content (AvgIpc) is 2.47. The van der Waals surface area contributed by atoms with Crippen molar-refractivity contribution in [3.8, 4) is 0 Å². The molecule has 0 amide bonds. The molecule has 1 atom stereocenters. The largest absolute Gasteiger partial charge is 0.416 e. The Morgan fingerprint density at radius 1 is 1.14 bits per heavy atom. The second-order valence-corrected chi connectivity index (χ2v) is 7.44. The van der Waals surface area contributed by atoms with Gasteiger partial charge in [-0.25, -0.2) is 12.8 Å². The minimum atomic E-state index is -4.53. The van der Waals surface area contributed by atoms with Crippen LogP contribution in [-0.2, 0) is 16.0 Å². The number of alkyl halides is 4. The van der Waals surface area contributed by atoms with Crippen LogP contribution in [0.4, 0.5) is 17.6 Å². The molecule has 0 spiro atoms. The minimum Gasteiger partial charge on any atom is -0.317 e. The zero-order valence-corrected chi connectivity index (χ0v) is 12.6. The summed E-state index contributed by atoms with van der Waals surface area (Å²) < 4.78 is 75.7. The molecule has 124 valence electrons. The average molecular weight is 339 g/mol. The van der Waals surface area contributed by atoms with Gasteiger partial charge >= 0.3 is 6.18 Å². The third kappa shape index (κ3) is 4.19. The fourth-order valence-corrected chi connectivity index (χ4v) is 3.93. The van der Waals surface area contributed by atoms with Crippen molar-refractivity contribution in [1.29, 1.82) is 0 Å². The van der Waals surface area contributed by atoms with E-state index in [1.165, 1.54) is 0 Å². The van der Waals surface area contributed by atoms with E-state index in [0.29, 0.717) is 38.1 Å². The van der Waals surface area contributed by atoms with Gasteiger partial charge in [0, 0.05) is 0 Å². The van der Waals surface area contributed by atoms with Gasteiger partial charge in [-0.15, -0.1) is 0 Å². The molecule has 8 heteroatoms. The fraction of sp³-hybridized carbons (Fsp3) is 0.571. The summed E-state index contributed by atoms with van der Waals surface area (Å²) in [5.41, 5.74) is -0.929. The molecule has 1 fully saturated rings. The van der Waals surface area contributed by atoms with Gasteiger partial charge in [-0.05, 0) is 56.1 Å². The molecule has 22 heavy (non-hydrogen) atoms. The Labute approximate surface area is 126 Å². The second-order valence-electron chi connectivity index (χ2n) is 5.41. The highest BCUT2D eigenvalue weighted by Crippen LogP contribution is 2.30. The Morgan fingerprint density at radius 3 is 2.18 bits per heavy atom. The van der Waals surface area contributed by atoms with Crippen molar-refractivity contribution < 1.29 is 26.0 Å². The van der Waals surface area contributed by atoms with E-state index in [1.54, 1.807) is 0 Å². The van der Waals surface area contributed by atoms with Gasteiger partial charge in [0.15, 0.2) is 9.84 Å². The maximum absolute atomic E-state index is 14.2. The molecular weight excluding hydrogens is 322 g/mol. The molecule has 1 heterocycles. The number of halogens is 4. The van der Waals surface area contributed by atoms with E-state index in [2.05, 4.69) is 5.32 Å². The highest BCUT2D eigenvalue weighted by molar-refractivity contribution is 7.91. The zero-order chi connectivity index (χ0) is 16.4. The third-order valence-electron chi connectivity index (χ3n) is 3.81. The van der Waals surface area contributed by atoms with Crippen molar-refractivity contribution in [2.24, 2.45) is 5.92 Å². The van der Waals surface area contributed by atoms with E-state index in [-0.39, 0.29) is 10.8 Å². The first kappa shape index (κ1) is 17.2. The summed E-state index contributed by atoms with van der Waals surface area (Å²) in [6.07, 6.45) is -4.91. The molecule has 1 unspecified atom stereocenters. The van der Waals surface area contributed by atoms with E-state index in [0.717, 1.165) is 12.1 Å². The number of nitrogens with one attached hydrogen (secondary N) is 1. The summed E-state index contributed by atoms with van der Waals surface area (Å²) in [5.74, 6) is -1.02. The number of rotatable bonds is 4. The Hall–Kier alpha value is -1.15. The number of piperidine rings is 1. The van der Waals surface area contributed by atoms with Crippen LogP contribution < -0.4 is 5.32 Å². The lowest BCUT2D eigenvalue weighted by molar-refractivity contribution is -0.137. The summed E-state index contributed by atoms with van der Waals surface area (Å²) in [5, 5.41) is 3.06. The topological polar surface area (TPSA) is 46.2 Å².